The van der Waals surface area contributed by atoms with Crippen molar-refractivity contribution < 1.29 is 4.74 Å². The number of benzene rings is 1. The quantitative estimate of drug-likeness (QED) is 0.374. The van der Waals surface area contributed by atoms with E-state index >= 15 is 0 Å². The van der Waals surface area contributed by atoms with E-state index in [0.717, 1.165) is 82.9 Å². The Morgan fingerprint density at radius 2 is 1.94 bits per heavy atom. The highest BCUT2D eigenvalue weighted by Gasteiger charge is 2.23. The fourth-order valence-electron chi connectivity index (χ4n) is 4.23. The molecule has 6 nitrogen and oxygen atoms in total. The summed E-state index contributed by atoms with van der Waals surface area (Å²) in [5.74, 6) is 2.64. The van der Waals surface area contributed by atoms with Crippen LogP contribution in [-0.2, 0) is 13.0 Å². The Labute approximate surface area is 202 Å². The molecule has 0 spiro atoms. The summed E-state index contributed by atoms with van der Waals surface area (Å²) in [7, 11) is 1.70. The molecule has 5 rings (SSSR count). The van der Waals surface area contributed by atoms with E-state index in [4.69, 9.17) is 26.3 Å². The van der Waals surface area contributed by atoms with Gasteiger partial charge in [0.15, 0.2) is 5.82 Å². The number of ether oxygens (including phenoxy) is 1. The largest absolute Gasteiger partial charge is 0.496 e. The van der Waals surface area contributed by atoms with Crippen molar-refractivity contribution in [2.45, 2.75) is 19.9 Å². The van der Waals surface area contributed by atoms with Crippen LogP contribution < -0.4 is 9.64 Å². The molecule has 0 amide bonds. The molecular formula is C25H26ClN5OS. The van der Waals surface area contributed by atoms with E-state index < -0.39 is 0 Å². The van der Waals surface area contributed by atoms with Crippen LogP contribution in [-0.4, -0.2) is 53.1 Å². The van der Waals surface area contributed by atoms with E-state index in [1.807, 2.05) is 36.5 Å². The number of halogens is 1. The molecule has 4 aromatic rings. The molecule has 1 aromatic carbocycles. The van der Waals surface area contributed by atoms with Gasteiger partial charge in [-0.25, -0.2) is 9.97 Å². The van der Waals surface area contributed by atoms with Gasteiger partial charge in [-0.05, 0) is 42.8 Å². The summed E-state index contributed by atoms with van der Waals surface area (Å²) in [5.41, 5.74) is 2.06. The van der Waals surface area contributed by atoms with E-state index in [1.54, 1.807) is 24.6 Å². The minimum absolute atomic E-state index is 0.736. The predicted octanol–water partition coefficient (Wildman–Crippen LogP) is 5.30. The molecule has 4 heterocycles. The minimum Gasteiger partial charge on any atom is -0.496 e. The van der Waals surface area contributed by atoms with Crippen molar-refractivity contribution in [1.82, 2.24) is 19.9 Å². The van der Waals surface area contributed by atoms with Gasteiger partial charge in [0, 0.05) is 66.1 Å². The highest BCUT2D eigenvalue weighted by atomic mass is 35.5. The number of pyridine rings is 1. The number of hydrogen-bond donors (Lipinski definition) is 0. The van der Waals surface area contributed by atoms with Gasteiger partial charge >= 0.3 is 0 Å². The van der Waals surface area contributed by atoms with Crippen molar-refractivity contribution in [3.63, 3.8) is 0 Å². The summed E-state index contributed by atoms with van der Waals surface area (Å²) in [6, 6.07) is 12.0. The average molecular weight is 480 g/mol. The minimum atomic E-state index is 0.736. The maximum absolute atomic E-state index is 6.23. The Kier molecular flexibility index (Phi) is 6.44. The van der Waals surface area contributed by atoms with Gasteiger partial charge in [0.05, 0.1) is 12.5 Å². The van der Waals surface area contributed by atoms with E-state index in [1.165, 1.54) is 4.88 Å². The van der Waals surface area contributed by atoms with Crippen molar-refractivity contribution in [2.24, 2.45) is 0 Å². The predicted molar refractivity (Wildman–Crippen MR) is 136 cm³/mol. The zero-order chi connectivity index (χ0) is 22.8. The summed E-state index contributed by atoms with van der Waals surface area (Å²) in [6.07, 6.45) is 4.60. The van der Waals surface area contributed by atoms with Gasteiger partial charge in [0.2, 0.25) is 0 Å². The molecule has 0 aliphatic carbocycles. The lowest BCUT2D eigenvalue weighted by Crippen LogP contribution is -2.46. The molecule has 0 saturated carbocycles. The molecule has 0 radical (unpaired) electrons. The monoisotopic (exact) mass is 479 g/mol. The number of piperazine rings is 1. The Morgan fingerprint density at radius 1 is 1.09 bits per heavy atom. The highest BCUT2D eigenvalue weighted by molar-refractivity contribution is 7.18. The zero-order valence-electron chi connectivity index (χ0n) is 18.8. The molecular weight excluding hydrogens is 454 g/mol. The van der Waals surface area contributed by atoms with Crippen molar-refractivity contribution >= 4 is 39.0 Å². The molecule has 8 heteroatoms. The summed E-state index contributed by atoms with van der Waals surface area (Å²) < 4.78 is 5.53. The third-order valence-electron chi connectivity index (χ3n) is 6.00. The van der Waals surface area contributed by atoms with Gasteiger partial charge in [-0.3, -0.25) is 9.88 Å². The third kappa shape index (κ3) is 4.67. The van der Waals surface area contributed by atoms with Crippen LogP contribution in [0, 0.1) is 0 Å². The summed E-state index contributed by atoms with van der Waals surface area (Å²) in [5, 5.41) is 1.88. The fraction of sp³-hybridized carbons (Fsp3) is 0.320. The first kappa shape index (κ1) is 22.1. The SMILES string of the molecule is CCc1cc2c(N3CCN(Cc4cc(Cl)ccc4OC)CC3)nc(-c3cccnc3)nc2s1. The zero-order valence-corrected chi connectivity index (χ0v) is 20.4. The maximum Gasteiger partial charge on any atom is 0.164 e. The lowest BCUT2D eigenvalue weighted by molar-refractivity contribution is 0.246. The number of anilines is 1. The van der Waals surface area contributed by atoms with Crippen LogP contribution in [0.25, 0.3) is 21.6 Å². The number of fused-ring (bicyclic) bond motifs is 1. The number of rotatable bonds is 6. The van der Waals surface area contributed by atoms with Crippen LogP contribution in [0.15, 0.2) is 48.8 Å². The number of thiophene rings is 1. The van der Waals surface area contributed by atoms with E-state index in [-0.39, 0.29) is 0 Å². The van der Waals surface area contributed by atoms with Crippen molar-refractivity contribution in [3.05, 3.63) is 64.3 Å². The number of nitrogens with zero attached hydrogens (tertiary/aromatic N) is 5. The first-order valence-corrected chi connectivity index (χ1v) is 12.3. The normalized spacial score (nSPS) is 14.7. The van der Waals surface area contributed by atoms with Crippen LogP contribution in [0.3, 0.4) is 0 Å². The first-order valence-electron chi connectivity index (χ1n) is 11.1. The molecule has 1 saturated heterocycles. The van der Waals surface area contributed by atoms with E-state index in [0.29, 0.717) is 0 Å². The van der Waals surface area contributed by atoms with E-state index in [9.17, 15) is 0 Å². The lowest BCUT2D eigenvalue weighted by atomic mass is 10.1. The Hall–Kier alpha value is -2.74. The molecule has 3 aromatic heterocycles. The van der Waals surface area contributed by atoms with Crippen molar-refractivity contribution in [3.8, 4) is 17.1 Å². The van der Waals surface area contributed by atoms with Crippen LogP contribution in [0.1, 0.15) is 17.4 Å². The maximum atomic E-state index is 6.23. The number of aryl methyl sites for hydroxylation is 1. The van der Waals surface area contributed by atoms with Gasteiger partial charge in [-0.15, -0.1) is 11.3 Å². The van der Waals surface area contributed by atoms with Gasteiger partial charge in [-0.2, -0.15) is 0 Å². The molecule has 1 aliphatic rings. The van der Waals surface area contributed by atoms with Crippen LogP contribution >= 0.6 is 22.9 Å². The smallest absolute Gasteiger partial charge is 0.164 e. The van der Waals surface area contributed by atoms with E-state index in [2.05, 4.69) is 27.8 Å². The number of hydrogen-bond acceptors (Lipinski definition) is 7. The molecule has 1 fully saturated rings. The molecule has 1 aliphatic heterocycles. The Morgan fingerprint density at radius 3 is 2.67 bits per heavy atom. The lowest BCUT2D eigenvalue weighted by Gasteiger charge is -2.36. The topological polar surface area (TPSA) is 54.4 Å². The highest BCUT2D eigenvalue weighted by Crippen LogP contribution is 2.34. The van der Waals surface area contributed by atoms with Crippen LogP contribution in [0.2, 0.25) is 5.02 Å². The Balaban J connectivity index is 1.40. The van der Waals surface area contributed by atoms with Crippen molar-refractivity contribution in [2.75, 3.05) is 38.2 Å². The average Bonchev–Trinajstić information content (AvgIpc) is 3.28. The van der Waals surface area contributed by atoms with Crippen LogP contribution in [0.5, 0.6) is 5.75 Å². The fourth-order valence-corrected chi connectivity index (χ4v) is 5.38. The summed E-state index contributed by atoms with van der Waals surface area (Å²) in [4.78, 5) is 21.3. The van der Waals surface area contributed by atoms with Crippen molar-refractivity contribution in [1.29, 1.82) is 0 Å². The standard InChI is InChI=1S/C25H26ClN5OS/c1-3-20-14-21-24(28-23(29-25(21)33-20)17-5-4-8-27-15-17)31-11-9-30(10-12-31)16-18-13-19(26)6-7-22(18)32-2/h4-8,13-15H,3,9-12,16H2,1-2H3. The second-order valence-corrected chi connectivity index (χ2v) is 9.67. The number of aromatic nitrogens is 3. The van der Waals surface area contributed by atoms with Crippen LogP contribution in [0.4, 0.5) is 5.82 Å². The third-order valence-corrected chi connectivity index (χ3v) is 7.41. The molecule has 0 atom stereocenters. The molecule has 0 N–H and O–H groups in total. The summed E-state index contributed by atoms with van der Waals surface area (Å²) in [6.45, 7) is 6.68. The van der Waals surface area contributed by atoms with Gasteiger partial charge in [0.25, 0.3) is 0 Å². The first-order chi connectivity index (χ1) is 16.1. The second kappa shape index (κ2) is 9.63. The summed E-state index contributed by atoms with van der Waals surface area (Å²) >= 11 is 7.99. The van der Waals surface area contributed by atoms with Gasteiger partial charge in [-0.1, -0.05) is 18.5 Å². The molecule has 0 unspecified atom stereocenters. The molecule has 170 valence electrons. The molecule has 33 heavy (non-hydrogen) atoms. The Bertz CT molecular complexity index is 1250. The van der Waals surface area contributed by atoms with Gasteiger partial charge in [0.1, 0.15) is 16.4 Å². The van der Waals surface area contributed by atoms with Gasteiger partial charge < -0.3 is 9.64 Å². The number of methoxy groups -OCH3 is 1. The molecule has 0 bridgehead atoms. The second-order valence-electron chi connectivity index (χ2n) is 8.12.